The van der Waals surface area contributed by atoms with Crippen LogP contribution in [0.2, 0.25) is 0 Å². The first kappa shape index (κ1) is 15.2. The lowest BCUT2D eigenvalue weighted by Gasteiger charge is -2.18. The van der Waals surface area contributed by atoms with E-state index in [2.05, 4.69) is 20.5 Å². The fourth-order valence-electron chi connectivity index (χ4n) is 2.05. The number of halogens is 1. The molecule has 0 amide bonds. The SMILES string of the molecule is CCN(CC)c1nncc(NCCc2ccccc2F)n1. The van der Waals surface area contributed by atoms with E-state index < -0.39 is 0 Å². The van der Waals surface area contributed by atoms with E-state index in [9.17, 15) is 4.39 Å². The molecule has 21 heavy (non-hydrogen) atoms. The van der Waals surface area contributed by atoms with Crippen LogP contribution in [-0.4, -0.2) is 34.8 Å². The molecule has 2 aromatic rings. The van der Waals surface area contributed by atoms with Crippen LogP contribution in [0, 0.1) is 5.82 Å². The molecule has 0 fully saturated rings. The molecule has 112 valence electrons. The molecule has 0 radical (unpaired) electrons. The molecule has 1 aromatic carbocycles. The van der Waals surface area contributed by atoms with Crippen molar-refractivity contribution in [2.24, 2.45) is 0 Å². The van der Waals surface area contributed by atoms with Crippen LogP contribution in [0.25, 0.3) is 0 Å². The summed E-state index contributed by atoms with van der Waals surface area (Å²) in [4.78, 5) is 6.44. The molecule has 0 aliphatic carbocycles. The van der Waals surface area contributed by atoms with Gasteiger partial charge in [-0.15, -0.1) is 5.10 Å². The minimum atomic E-state index is -0.177. The summed E-state index contributed by atoms with van der Waals surface area (Å²) in [7, 11) is 0. The fourth-order valence-corrected chi connectivity index (χ4v) is 2.05. The summed E-state index contributed by atoms with van der Waals surface area (Å²) in [5, 5.41) is 11.1. The molecule has 0 bridgehead atoms. The lowest BCUT2D eigenvalue weighted by atomic mass is 10.1. The number of benzene rings is 1. The van der Waals surface area contributed by atoms with E-state index in [0.717, 1.165) is 13.1 Å². The number of rotatable bonds is 7. The zero-order valence-corrected chi connectivity index (χ0v) is 12.4. The molecule has 2 rings (SSSR count). The van der Waals surface area contributed by atoms with Crippen molar-refractivity contribution < 1.29 is 4.39 Å². The third-order valence-corrected chi connectivity index (χ3v) is 3.25. The third kappa shape index (κ3) is 4.11. The summed E-state index contributed by atoms with van der Waals surface area (Å²) < 4.78 is 13.5. The van der Waals surface area contributed by atoms with E-state index in [1.54, 1.807) is 18.3 Å². The Bertz CT molecular complexity index is 571. The Morgan fingerprint density at radius 1 is 1.19 bits per heavy atom. The normalized spacial score (nSPS) is 10.4. The van der Waals surface area contributed by atoms with Gasteiger partial charge in [0.1, 0.15) is 5.82 Å². The van der Waals surface area contributed by atoms with Crippen LogP contribution in [0.3, 0.4) is 0 Å². The maximum atomic E-state index is 13.5. The minimum Gasteiger partial charge on any atom is -0.368 e. The summed E-state index contributed by atoms with van der Waals surface area (Å²) in [6.07, 6.45) is 2.17. The molecule has 1 N–H and O–H groups in total. The van der Waals surface area contributed by atoms with E-state index >= 15 is 0 Å². The molecule has 1 heterocycles. The number of hydrogen-bond acceptors (Lipinski definition) is 5. The summed E-state index contributed by atoms with van der Waals surface area (Å²) in [6.45, 7) is 6.35. The van der Waals surface area contributed by atoms with Gasteiger partial charge in [-0.3, -0.25) is 0 Å². The topological polar surface area (TPSA) is 53.9 Å². The molecule has 0 aliphatic rings. The molecular weight excluding hydrogens is 269 g/mol. The Labute approximate surface area is 124 Å². The second kappa shape index (κ2) is 7.52. The van der Waals surface area contributed by atoms with Crippen LogP contribution in [-0.2, 0) is 6.42 Å². The fraction of sp³-hybridized carbons (Fsp3) is 0.400. The van der Waals surface area contributed by atoms with Crippen molar-refractivity contribution in [1.29, 1.82) is 0 Å². The van der Waals surface area contributed by atoms with Crippen molar-refractivity contribution in [1.82, 2.24) is 15.2 Å². The van der Waals surface area contributed by atoms with Gasteiger partial charge in [-0.1, -0.05) is 18.2 Å². The van der Waals surface area contributed by atoms with Gasteiger partial charge < -0.3 is 10.2 Å². The van der Waals surface area contributed by atoms with Crippen molar-refractivity contribution in [3.63, 3.8) is 0 Å². The number of nitrogens with one attached hydrogen (secondary N) is 1. The first-order valence-electron chi connectivity index (χ1n) is 7.16. The Balaban J connectivity index is 1.94. The molecule has 5 nitrogen and oxygen atoms in total. The molecule has 0 saturated heterocycles. The number of aromatic nitrogens is 3. The van der Waals surface area contributed by atoms with Crippen molar-refractivity contribution in [2.75, 3.05) is 29.9 Å². The molecule has 0 spiro atoms. The van der Waals surface area contributed by atoms with Gasteiger partial charge in [-0.2, -0.15) is 10.1 Å². The van der Waals surface area contributed by atoms with E-state index in [1.165, 1.54) is 6.07 Å². The smallest absolute Gasteiger partial charge is 0.247 e. The van der Waals surface area contributed by atoms with E-state index in [0.29, 0.717) is 30.3 Å². The van der Waals surface area contributed by atoms with Crippen LogP contribution >= 0.6 is 0 Å². The first-order valence-corrected chi connectivity index (χ1v) is 7.16. The average molecular weight is 289 g/mol. The van der Waals surface area contributed by atoms with Crippen LogP contribution < -0.4 is 10.2 Å². The summed E-state index contributed by atoms with van der Waals surface area (Å²) in [5.41, 5.74) is 0.691. The maximum Gasteiger partial charge on any atom is 0.247 e. The van der Waals surface area contributed by atoms with Crippen LogP contribution in [0.5, 0.6) is 0 Å². The highest BCUT2D eigenvalue weighted by Gasteiger charge is 2.07. The summed E-state index contributed by atoms with van der Waals surface area (Å²) in [6, 6.07) is 6.79. The zero-order chi connectivity index (χ0) is 15.1. The van der Waals surface area contributed by atoms with E-state index in [-0.39, 0.29) is 5.82 Å². The predicted octanol–water partition coefficient (Wildman–Crippen LogP) is 2.51. The van der Waals surface area contributed by atoms with E-state index in [1.807, 2.05) is 24.8 Å². The van der Waals surface area contributed by atoms with Crippen LogP contribution in [0.1, 0.15) is 19.4 Å². The Hall–Kier alpha value is -2.24. The molecule has 6 heteroatoms. The molecular formula is C15H20FN5. The third-order valence-electron chi connectivity index (χ3n) is 3.25. The predicted molar refractivity (Wildman–Crippen MR) is 82.0 cm³/mol. The largest absolute Gasteiger partial charge is 0.368 e. The van der Waals surface area contributed by atoms with Gasteiger partial charge in [0, 0.05) is 19.6 Å². The van der Waals surface area contributed by atoms with Gasteiger partial charge >= 0.3 is 0 Å². The lowest BCUT2D eigenvalue weighted by Crippen LogP contribution is -2.25. The molecule has 0 aliphatic heterocycles. The van der Waals surface area contributed by atoms with Crippen LogP contribution in [0.4, 0.5) is 16.2 Å². The van der Waals surface area contributed by atoms with Crippen molar-refractivity contribution in [2.45, 2.75) is 20.3 Å². The maximum absolute atomic E-state index is 13.5. The highest BCUT2D eigenvalue weighted by atomic mass is 19.1. The van der Waals surface area contributed by atoms with Gasteiger partial charge in [0.05, 0.1) is 6.20 Å². The van der Waals surface area contributed by atoms with Gasteiger partial charge in [0.25, 0.3) is 0 Å². The van der Waals surface area contributed by atoms with E-state index in [4.69, 9.17) is 0 Å². The van der Waals surface area contributed by atoms with Gasteiger partial charge in [-0.25, -0.2) is 4.39 Å². The second-order valence-electron chi connectivity index (χ2n) is 4.58. The van der Waals surface area contributed by atoms with Crippen molar-refractivity contribution in [3.05, 3.63) is 41.8 Å². The van der Waals surface area contributed by atoms with Crippen molar-refractivity contribution in [3.8, 4) is 0 Å². The Kier molecular flexibility index (Phi) is 5.43. The Morgan fingerprint density at radius 3 is 2.67 bits per heavy atom. The molecule has 1 aromatic heterocycles. The molecule has 0 saturated carbocycles. The molecule has 0 atom stereocenters. The second-order valence-corrected chi connectivity index (χ2v) is 4.58. The summed E-state index contributed by atoms with van der Waals surface area (Å²) >= 11 is 0. The summed E-state index contributed by atoms with van der Waals surface area (Å²) in [5.74, 6) is 1.09. The first-order chi connectivity index (χ1) is 10.2. The average Bonchev–Trinajstić information content (AvgIpc) is 2.51. The van der Waals surface area contributed by atoms with Gasteiger partial charge in [-0.05, 0) is 31.9 Å². The van der Waals surface area contributed by atoms with Crippen LogP contribution in [0.15, 0.2) is 30.5 Å². The number of nitrogens with zero attached hydrogens (tertiary/aromatic N) is 4. The molecule has 0 unspecified atom stereocenters. The highest BCUT2D eigenvalue weighted by Crippen LogP contribution is 2.10. The number of anilines is 2. The van der Waals surface area contributed by atoms with Gasteiger partial charge in [0.15, 0.2) is 5.82 Å². The monoisotopic (exact) mass is 289 g/mol. The quantitative estimate of drug-likeness (QED) is 0.849. The Morgan fingerprint density at radius 2 is 1.95 bits per heavy atom. The number of hydrogen-bond donors (Lipinski definition) is 1. The zero-order valence-electron chi connectivity index (χ0n) is 12.4. The lowest BCUT2D eigenvalue weighted by molar-refractivity contribution is 0.610. The van der Waals surface area contributed by atoms with Gasteiger partial charge in [0.2, 0.25) is 5.95 Å². The standard InChI is InChI=1S/C15H20FN5/c1-3-21(4-2)15-19-14(11-18-20-15)17-10-9-12-7-5-6-8-13(12)16/h5-8,11H,3-4,9-10H2,1-2H3,(H,17,19,20). The highest BCUT2D eigenvalue weighted by molar-refractivity contribution is 5.38. The minimum absolute atomic E-state index is 0.177. The van der Waals surface area contributed by atoms with Crippen molar-refractivity contribution >= 4 is 11.8 Å².